The van der Waals surface area contributed by atoms with E-state index in [4.69, 9.17) is 4.55 Å². The lowest BCUT2D eigenvalue weighted by Gasteiger charge is -1.99. The number of hydrogen-bond donors (Lipinski definition) is 1. The summed E-state index contributed by atoms with van der Waals surface area (Å²) in [7, 11) is -3.82. The van der Waals surface area contributed by atoms with Crippen LogP contribution in [0.1, 0.15) is 64.7 Å². The molecule has 0 unspecified atom stereocenters. The molecule has 0 amide bonds. The first kappa shape index (κ1) is 16.6. The van der Waals surface area contributed by atoms with Gasteiger partial charge < -0.3 is 0 Å². The molecule has 0 bridgehead atoms. The highest BCUT2D eigenvalue weighted by Crippen LogP contribution is 2.09. The van der Waals surface area contributed by atoms with E-state index in [1.165, 1.54) is 51.0 Å². The third-order valence-electron chi connectivity index (χ3n) is 2.70. The van der Waals surface area contributed by atoms with Gasteiger partial charge >= 0.3 is 0 Å². The molecular formula is C13H26O3S. The Morgan fingerprint density at radius 2 is 1.41 bits per heavy atom. The van der Waals surface area contributed by atoms with Crippen LogP contribution in [0.4, 0.5) is 0 Å². The summed E-state index contributed by atoms with van der Waals surface area (Å²) in [5, 5.41) is 0. The zero-order valence-corrected chi connectivity index (χ0v) is 11.7. The van der Waals surface area contributed by atoms with Crippen molar-refractivity contribution >= 4 is 10.1 Å². The SMILES string of the molecule is CCCCCCCCCC/C=C\CS(=O)(=O)O. The van der Waals surface area contributed by atoms with Gasteiger partial charge in [0.1, 0.15) is 0 Å². The van der Waals surface area contributed by atoms with Gasteiger partial charge in [0.05, 0.1) is 5.75 Å². The maximum absolute atomic E-state index is 10.4. The van der Waals surface area contributed by atoms with E-state index in [1.807, 2.05) is 6.08 Å². The second-order valence-electron chi connectivity index (χ2n) is 4.48. The first-order valence-electron chi connectivity index (χ1n) is 6.66. The highest BCUT2D eigenvalue weighted by molar-refractivity contribution is 7.85. The third-order valence-corrected chi connectivity index (χ3v) is 3.31. The van der Waals surface area contributed by atoms with Gasteiger partial charge in [-0.2, -0.15) is 8.42 Å². The molecule has 0 saturated heterocycles. The highest BCUT2D eigenvalue weighted by atomic mass is 32.2. The van der Waals surface area contributed by atoms with Crippen LogP contribution in [0.3, 0.4) is 0 Å². The van der Waals surface area contributed by atoms with Crippen molar-refractivity contribution in [3.05, 3.63) is 12.2 Å². The summed E-state index contributed by atoms with van der Waals surface area (Å²) in [6.07, 6.45) is 14.5. The van der Waals surface area contributed by atoms with Crippen molar-refractivity contribution in [2.45, 2.75) is 64.7 Å². The monoisotopic (exact) mass is 262 g/mol. The van der Waals surface area contributed by atoms with E-state index in [0.717, 1.165) is 12.8 Å². The molecule has 3 nitrogen and oxygen atoms in total. The minimum Gasteiger partial charge on any atom is -0.285 e. The van der Waals surface area contributed by atoms with Crippen LogP contribution in [0.15, 0.2) is 12.2 Å². The van der Waals surface area contributed by atoms with Crippen LogP contribution in [-0.2, 0) is 10.1 Å². The molecule has 0 radical (unpaired) electrons. The van der Waals surface area contributed by atoms with Gasteiger partial charge in [0, 0.05) is 0 Å². The van der Waals surface area contributed by atoms with Crippen LogP contribution < -0.4 is 0 Å². The van der Waals surface area contributed by atoms with Crippen LogP contribution in [0.25, 0.3) is 0 Å². The summed E-state index contributed by atoms with van der Waals surface area (Å²) in [5.41, 5.74) is 0. The molecule has 0 rings (SSSR count). The molecule has 0 spiro atoms. The highest BCUT2D eigenvalue weighted by Gasteiger charge is 1.98. The molecule has 0 aliphatic carbocycles. The van der Waals surface area contributed by atoms with Crippen molar-refractivity contribution in [2.75, 3.05) is 5.75 Å². The predicted octanol–water partition coefficient (Wildman–Crippen LogP) is 3.96. The molecule has 102 valence electrons. The van der Waals surface area contributed by atoms with Crippen LogP contribution in [0.2, 0.25) is 0 Å². The summed E-state index contributed by atoms with van der Waals surface area (Å²) in [6, 6.07) is 0. The zero-order chi connectivity index (χ0) is 13.0. The molecule has 1 N–H and O–H groups in total. The van der Waals surface area contributed by atoms with Crippen molar-refractivity contribution in [1.29, 1.82) is 0 Å². The third kappa shape index (κ3) is 15.6. The van der Waals surface area contributed by atoms with Gasteiger partial charge in [-0.1, -0.05) is 64.0 Å². The molecular weight excluding hydrogens is 236 g/mol. The fraction of sp³-hybridized carbons (Fsp3) is 0.846. The lowest BCUT2D eigenvalue weighted by atomic mass is 10.1. The van der Waals surface area contributed by atoms with Gasteiger partial charge in [-0.05, 0) is 12.8 Å². The number of rotatable bonds is 11. The molecule has 0 aliphatic rings. The number of unbranched alkanes of at least 4 members (excludes halogenated alkanes) is 8. The van der Waals surface area contributed by atoms with Crippen molar-refractivity contribution in [3.63, 3.8) is 0 Å². The fourth-order valence-corrected chi connectivity index (χ4v) is 2.08. The van der Waals surface area contributed by atoms with E-state index in [9.17, 15) is 8.42 Å². The molecule has 0 atom stereocenters. The Morgan fingerprint density at radius 3 is 1.94 bits per heavy atom. The van der Waals surface area contributed by atoms with Crippen molar-refractivity contribution in [2.24, 2.45) is 0 Å². The molecule has 0 aromatic rings. The minimum atomic E-state index is -3.82. The summed E-state index contributed by atoms with van der Waals surface area (Å²) < 4.78 is 29.3. The predicted molar refractivity (Wildman–Crippen MR) is 72.8 cm³/mol. The summed E-state index contributed by atoms with van der Waals surface area (Å²) in [6.45, 7) is 2.22. The van der Waals surface area contributed by atoms with Crippen molar-refractivity contribution < 1.29 is 13.0 Å². The fourth-order valence-electron chi connectivity index (χ4n) is 1.70. The van der Waals surface area contributed by atoms with Gasteiger partial charge in [-0.15, -0.1) is 0 Å². The Labute approximate surface area is 106 Å². The lowest BCUT2D eigenvalue weighted by Crippen LogP contribution is -1.99. The molecule has 0 aliphatic heterocycles. The van der Waals surface area contributed by atoms with Gasteiger partial charge in [-0.25, -0.2) is 0 Å². The molecule has 0 aromatic carbocycles. The smallest absolute Gasteiger partial charge is 0.268 e. The Morgan fingerprint density at radius 1 is 0.882 bits per heavy atom. The maximum atomic E-state index is 10.4. The quantitative estimate of drug-likeness (QED) is 0.348. The Bertz CT molecular complexity index is 281. The molecule has 4 heteroatoms. The topological polar surface area (TPSA) is 54.4 Å². The second-order valence-corrected chi connectivity index (χ2v) is 5.98. The summed E-state index contributed by atoms with van der Waals surface area (Å²) in [5.74, 6) is -0.260. The van der Waals surface area contributed by atoms with E-state index < -0.39 is 10.1 Å². The largest absolute Gasteiger partial charge is 0.285 e. The summed E-state index contributed by atoms with van der Waals surface area (Å²) >= 11 is 0. The normalized spacial score (nSPS) is 12.4. The average Bonchev–Trinajstić information content (AvgIpc) is 2.24. The number of allylic oxidation sites excluding steroid dienone is 1. The van der Waals surface area contributed by atoms with Gasteiger partial charge in [0.2, 0.25) is 0 Å². The van der Waals surface area contributed by atoms with E-state index in [2.05, 4.69) is 6.92 Å². The van der Waals surface area contributed by atoms with Gasteiger partial charge in [0.15, 0.2) is 0 Å². The first-order valence-corrected chi connectivity index (χ1v) is 8.27. The number of hydrogen-bond acceptors (Lipinski definition) is 2. The van der Waals surface area contributed by atoms with Crippen LogP contribution in [0.5, 0.6) is 0 Å². The Hall–Kier alpha value is -0.350. The molecule has 0 saturated carbocycles. The van der Waals surface area contributed by atoms with Crippen molar-refractivity contribution in [1.82, 2.24) is 0 Å². The standard InChI is InChI=1S/C13H26O3S/c1-2-3-4-5-6-7-8-9-10-11-12-13-17(14,15)16/h11-12H,2-10,13H2,1H3,(H,14,15,16)/b12-11-. The molecule has 0 aromatic heterocycles. The Balaban J connectivity index is 3.18. The van der Waals surface area contributed by atoms with E-state index >= 15 is 0 Å². The maximum Gasteiger partial charge on any atom is 0.268 e. The van der Waals surface area contributed by atoms with Crippen LogP contribution >= 0.6 is 0 Å². The van der Waals surface area contributed by atoms with Crippen LogP contribution in [0, 0.1) is 0 Å². The average molecular weight is 262 g/mol. The molecule has 0 heterocycles. The first-order chi connectivity index (χ1) is 8.06. The lowest BCUT2D eigenvalue weighted by molar-refractivity contribution is 0.486. The van der Waals surface area contributed by atoms with E-state index in [1.54, 1.807) is 0 Å². The molecule has 17 heavy (non-hydrogen) atoms. The van der Waals surface area contributed by atoms with E-state index in [0.29, 0.717) is 0 Å². The van der Waals surface area contributed by atoms with Crippen molar-refractivity contribution in [3.8, 4) is 0 Å². The van der Waals surface area contributed by atoms with Gasteiger partial charge in [-0.3, -0.25) is 4.55 Å². The van der Waals surface area contributed by atoms with Crippen LogP contribution in [-0.4, -0.2) is 18.7 Å². The zero-order valence-electron chi connectivity index (χ0n) is 10.9. The van der Waals surface area contributed by atoms with E-state index in [-0.39, 0.29) is 5.75 Å². The summed E-state index contributed by atoms with van der Waals surface area (Å²) in [4.78, 5) is 0. The second kappa shape index (κ2) is 10.8. The molecule has 0 fully saturated rings. The van der Waals surface area contributed by atoms with Gasteiger partial charge in [0.25, 0.3) is 10.1 Å². The Kier molecular flexibility index (Phi) is 10.6. The minimum absolute atomic E-state index is 0.260.